The molecule has 0 aromatic rings. The highest BCUT2D eigenvalue weighted by molar-refractivity contribution is 5.77. The number of nitrogens with one attached hydrogen (secondary N) is 1. The predicted octanol–water partition coefficient (Wildman–Crippen LogP) is 2.38. The SMILES string of the molecule is C=C/C=C(\CC)NC(=O)CCC. The van der Waals surface area contributed by atoms with E-state index < -0.39 is 0 Å². The summed E-state index contributed by atoms with van der Waals surface area (Å²) >= 11 is 0. The van der Waals surface area contributed by atoms with Gasteiger partial charge in [0.2, 0.25) is 5.91 Å². The molecular weight excluding hydrogens is 150 g/mol. The summed E-state index contributed by atoms with van der Waals surface area (Å²) in [6.45, 7) is 7.56. The van der Waals surface area contributed by atoms with Crippen LogP contribution in [0.3, 0.4) is 0 Å². The summed E-state index contributed by atoms with van der Waals surface area (Å²) in [5.74, 6) is 0.0902. The second-order valence-corrected chi connectivity index (χ2v) is 2.58. The Bertz CT molecular complexity index is 182. The molecule has 0 fully saturated rings. The van der Waals surface area contributed by atoms with Crippen LogP contribution in [0.1, 0.15) is 33.1 Å². The van der Waals surface area contributed by atoms with Gasteiger partial charge in [0.05, 0.1) is 0 Å². The molecule has 0 aliphatic rings. The molecule has 2 nitrogen and oxygen atoms in total. The Kier molecular flexibility index (Phi) is 6.07. The van der Waals surface area contributed by atoms with E-state index in [9.17, 15) is 4.79 Å². The molecule has 0 heterocycles. The normalized spacial score (nSPS) is 11.0. The third-order valence-corrected chi connectivity index (χ3v) is 1.48. The maximum absolute atomic E-state index is 11.1. The first-order valence-corrected chi connectivity index (χ1v) is 4.36. The number of rotatable bonds is 5. The summed E-state index contributed by atoms with van der Waals surface area (Å²) in [5.41, 5.74) is 0.934. The Morgan fingerprint density at radius 1 is 1.50 bits per heavy atom. The van der Waals surface area contributed by atoms with E-state index in [1.165, 1.54) is 0 Å². The maximum Gasteiger partial charge on any atom is 0.224 e. The lowest BCUT2D eigenvalue weighted by Gasteiger charge is -2.05. The minimum Gasteiger partial charge on any atom is -0.330 e. The number of hydrogen-bond donors (Lipinski definition) is 1. The van der Waals surface area contributed by atoms with Crippen LogP contribution in [0.25, 0.3) is 0 Å². The monoisotopic (exact) mass is 167 g/mol. The Balaban J connectivity index is 3.93. The first-order valence-electron chi connectivity index (χ1n) is 4.36. The third kappa shape index (κ3) is 4.72. The van der Waals surface area contributed by atoms with Crippen molar-refractivity contribution >= 4 is 5.91 Å². The van der Waals surface area contributed by atoms with Crippen LogP contribution in [-0.2, 0) is 4.79 Å². The molecule has 0 spiro atoms. The van der Waals surface area contributed by atoms with Crippen LogP contribution in [-0.4, -0.2) is 5.91 Å². The van der Waals surface area contributed by atoms with Crippen molar-refractivity contribution in [2.45, 2.75) is 33.1 Å². The topological polar surface area (TPSA) is 29.1 Å². The van der Waals surface area contributed by atoms with Gasteiger partial charge in [-0.05, 0) is 18.9 Å². The molecule has 2 heteroatoms. The van der Waals surface area contributed by atoms with Crippen molar-refractivity contribution in [1.29, 1.82) is 0 Å². The largest absolute Gasteiger partial charge is 0.330 e. The summed E-state index contributed by atoms with van der Waals surface area (Å²) < 4.78 is 0. The Morgan fingerprint density at radius 2 is 2.17 bits per heavy atom. The van der Waals surface area contributed by atoms with Crippen molar-refractivity contribution in [3.05, 3.63) is 24.4 Å². The molecule has 0 unspecified atom stereocenters. The fourth-order valence-corrected chi connectivity index (χ4v) is 0.859. The van der Waals surface area contributed by atoms with Crippen molar-refractivity contribution in [2.24, 2.45) is 0 Å². The van der Waals surface area contributed by atoms with E-state index in [2.05, 4.69) is 11.9 Å². The highest BCUT2D eigenvalue weighted by Gasteiger charge is 1.99. The van der Waals surface area contributed by atoms with Crippen LogP contribution in [0.4, 0.5) is 0 Å². The number of amides is 1. The van der Waals surface area contributed by atoms with Crippen LogP contribution in [0.15, 0.2) is 24.4 Å². The van der Waals surface area contributed by atoms with Crippen molar-refractivity contribution in [3.8, 4) is 0 Å². The van der Waals surface area contributed by atoms with E-state index >= 15 is 0 Å². The van der Waals surface area contributed by atoms with Gasteiger partial charge in [0.25, 0.3) is 0 Å². The van der Waals surface area contributed by atoms with Gasteiger partial charge in [-0.2, -0.15) is 0 Å². The standard InChI is InChI=1S/C10H17NO/c1-4-7-9(6-3)11-10(12)8-5-2/h4,7H,1,5-6,8H2,2-3H3,(H,11,12)/b9-7+. The quantitative estimate of drug-likeness (QED) is 0.626. The minimum absolute atomic E-state index is 0.0902. The number of carbonyl (C=O) groups is 1. The van der Waals surface area contributed by atoms with E-state index in [4.69, 9.17) is 0 Å². The Hall–Kier alpha value is -1.05. The van der Waals surface area contributed by atoms with Crippen molar-refractivity contribution < 1.29 is 4.79 Å². The van der Waals surface area contributed by atoms with Crippen molar-refractivity contribution in [1.82, 2.24) is 5.32 Å². The highest BCUT2D eigenvalue weighted by Crippen LogP contribution is 1.97. The van der Waals surface area contributed by atoms with Crippen LogP contribution in [0.5, 0.6) is 0 Å². The minimum atomic E-state index is 0.0902. The molecule has 12 heavy (non-hydrogen) atoms. The van der Waals surface area contributed by atoms with Crippen LogP contribution in [0.2, 0.25) is 0 Å². The highest BCUT2D eigenvalue weighted by atomic mass is 16.1. The molecule has 68 valence electrons. The van der Waals surface area contributed by atoms with Crippen LogP contribution >= 0.6 is 0 Å². The van der Waals surface area contributed by atoms with Gasteiger partial charge < -0.3 is 5.32 Å². The van der Waals surface area contributed by atoms with Gasteiger partial charge in [0.15, 0.2) is 0 Å². The zero-order valence-electron chi connectivity index (χ0n) is 7.89. The molecular formula is C10H17NO. The lowest BCUT2D eigenvalue weighted by atomic mass is 10.2. The maximum atomic E-state index is 11.1. The molecule has 0 radical (unpaired) electrons. The zero-order valence-corrected chi connectivity index (χ0v) is 7.89. The average molecular weight is 167 g/mol. The Morgan fingerprint density at radius 3 is 2.58 bits per heavy atom. The lowest BCUT2D eigenvalue weighted by molar-refractivity contribution is -0.120. The smallest absolute Gasteiger partial charge is 0.224 e. The summed E-state index contributed by atoms with van der Waals surface area (Å²) in [5, 5.41) is 2.82. The zero-order chi connectivity index (χ0) is 9.40. The third-order valence-electron chi connectivity index (χ3n) is 1.48. The molecule has 1 N–H and O–H groups in total. The summed E-state index contributed by atoms with van der Waals surface area (Å²) in [6, 6.07) is 0. The van der Waals surface area contributed by atoms with E-state index in [0.29, 0.717) is 6.42 Å². The van der Waals surface area contributed by atoms with Crippen molar-refractivity contribution in [3.63, 3.8) is 0 Å². The van der Waals surface area contributed by atoms with Gasteiger partial charge in [-0.25, -0.2) is 0 Å². The molecule has 0 saturated heterocycles. The average Bonchev–Trinajstić information content (AvgIpc) is 2.04. The number of allylic oxidation sites excluding steroid dienone is 3. The molecule has 0 aromatic carbocycles. The van der Waals surface area contributed by atoms with E-state index in [0.717, 1.165) is 18.5 Å². The molecule has 0 aromatic heterocycles. The first-order chi connectivity index (χ1) is 5.74. The molecule has 0 aliphatic carbocycles. The van der Waals surface area contributed by atoms with E-state index in [1.54, 1.807) is 6.08 Å². The molecule has 0 bridgehead atoms. The van der Waals surface area contributed by atoms with E-state index in [-0.39, 0.29) is 5.91 Å². The molecule has 0 saturated carbocycles. The summed E-state index contributed by atoms with van der Waals surface area (Å²) in [7, 11) is 0. The van der Waals surface area contributed by atoms with Gasteiger partial charge in [-0.1, -0.05) is 26.5 Å². The Labute approximate surface area is 74.4 Å². The molecule has 0 atom stereocenters. The van der Waals surface area contributed by atoms with Gasteiger partial charge in [0, 0.05) is 12.1 Å². The molecule has 0 rings (SSSR count). The summed E-state index contributed by atoms with van der Waals surface area (Å²) in [6.07, 6.45) is 5.82. The fourth-order valence-electron chi connectivity index (χ4n) is 0.859. The van der Waals surface area contributed by atoms with Gasteiger partial charge in [0.1, 0.15) is 0 Å². The number of carbonyl (C=O) groups excluding carboxylic acids is 1. The lowest BCUT2D eigenvalue weighted by Crippen LogP contribution is -2.21. The van der Waals surface area contributed by atoms with Gasteiger partial charge in [-0.3, -0.25) is 4.79 Å². The second kappa shape index (κ2) is 6.65. The predicted molar refractivity (Wildman–Crippen MR) is 51.6 cm³/mol. The number of hydrogen-bond acceptors (Lipinski definition) is 1. The summed E-state index contributed by atoms with van der Waals surface area (Å²) in [4.78, 5) is 11.1. The molecule has 1 amide bonds. The first kappa shape index (κ1) is 11.0. The van der Waals surface area contributed by atoms with Gasteiger partial charge in [-0.15, -0.1) is 0 Å². The van der Waals surface area contributed by atoms with Crippen LogP contribution < -0.4 is 5.32 Å². The van der Waals surface area contributed by atoms with Crippen LogP contribution in [0, 0.1) is 0 Å². The van der Waals surface area contributed by atoms with Gasteiger partial charge >= 0.3 is 0 Å². The van der Waals surface area contributed by atoms with Crippen molar-refractivity contribution in [2.75, 3.05) is 0 Å². The van der Waals surface area contributed by atoms with E-state index in [1.807, 2.05) is 19.9 Å². The fraction of sp³-hybridized carbons (Fsp3) is 0.500. The second-order valence-electron chi connectivity index (χ2n) is 2.58. The molecule has 0 aliphatic heterocycles.